The fourth-order valence-corrected chi connectivity index (χ4v) is 1.35. The van der Waals surface area contributed by atoms with Crippen molar-refractivity contribution in [1.29, 1.82) is 0 Å². The summed E-state index contributed by atoms with van der Waals surface area (Å²) in [6.07, 6.45) is 0.593. The lowest BCUT2D eigenvalue weighted by Gasteiger charge is -2.16. The van der Waals surface area contributed by atoms with E-state index in [1.54, 1.807) is 19.1 Å². The standard InChI is InChI=1S/C12H16FNO2/c1-3-11(12(15)16-4-2)14-10-7-5-6-9(13)8-10/h5-8,11,14H,3-4H2,1-2H3. The van der Waals surface area contributed by atoms with E-state index in [2.05, 4.69) is 5.32 Å². The molecule has 3 nitrogen and oxygen atoms in total. The maximum atomic E-state index is 12.9. The topological polar surface area (TPSA) is 38.3 Å². The van der Waals surface area contributed by atoms with Gasteiger partial charge in [0, 0.05) is 5.69 Å². The van der Waals surface area contributed by atoms with Crippen LogP contribution in [0.2, 0.25) is 0 Å². The molecule has 1 unspecified atom stereocenters. The Morgan fingerprint density at radius 1 is 1.50 bits per heavy atom. The Bertz CT molecular complexity index is 355. The van der Waals surface area contributed by atoms with Gasteiger partial charge < -0.3 is 10.1 Å². The number of carbonyl (C=O) groups excluding carboxylic acids is 1. The fourth-order valence-electron chi connectivity index (χ4n) is 1.35. The van der Waals surface area contributed by atoms with Crippen molar-refractivity contribution >= 4 is 11.7 Å². The molecule has 1 aromatic rings. The van der Waals surface area contributed by atoms with E-state index in [0.29, 0.717) is 18.7 Å². The maximum Gasteiger partial charge on any atom is 0.328 e. The van der Waals surface area contributed by atoms with Crippen molar-refractivity contribution in [2.24, 2.45) is 0 Å². The van der Waals surface area contributed by atoms with Crippen molar-refractivity contribution in [1.82, 2.24) is 0 Å². The van der Waals surface area contributed by atoms with Crippen LogP contribution in [0.15, 0.2) is 24.3 Å². The van der Waals surface area contributed by atoms with Gasteiger partial charge in [0.05, 0.1) is 6.61 Å². The minimum atomic E-state index is -0.429. The summed E-state index contributed by atoms with van der Waals surface area (Å²) in [4.78, 5) is 11.5. The summed E-state index contributed by atoms with van der Waals surface area (Å²) in [5.41, 5.74) is 0.583. The van der Waals surface area contributed by atoms with Gasteiger partial charge in [0.15, 0.2) is 0 Å². The lowest BCUT2D eigenvalue weighted by atomic mass is 10.2. The molecule has 0 aliphatic rings. The van der Waals surface area contributed by atoms with Gasteiger partial charge in [0.1, 0.15) is 11.9 Å². The van der Waals surface area contributed by atoms with E-state index in [0.717, 1.165) is 0 Å². The van der Waals surface area contributed by atoms with E-state index < -0.39 is 6.04 Å². The molecule has 4 heteroatoms. The molecular formula is C12H16FNO2. The highest BCUT2D eigenvalue weighted by Gasteiger charge is 2.17. The van der Waals surface area contributed by atoms with Crippen LogP contribution in [-0.2, 0) is 9.53 Å². The third-order valence-corrected chi connectivity index (χ3v) is 2.14. The van der Waals surface area contributed by atoms with Gasteiger partial charge in [-0.15, -0.1) is 0 Å². The SMILES string of the molecule is CCOC(=O)C(CC)Nc1cccc(F)c1. The average molecular weight is 225 g/mol. The Morgan fingerprint density at radius 2 is 2.25 bits per heavy atom. The van der Waals surface area contributed by atoms with Crippen LogP contribution in [0.5, 0.6) is 0 Å². The van der Waals surface area contributed by atoms with Crippen molar-refractivity contribution in [3.05, 3.63) is 30.1 Å². The van der Waals surface area contributed by atoms with E-state index in [9.17, 15) is 9.18 Å². The number of hydrogen-bond acceptors (Lipinski definition) is 3. The fraction of sp³-hybridized carbons (Fsp3) is 0.417. The summed E-state index contributed by atoms with van der Waals surface area (Å²) >= 11 is 0. The third kappa shape index (κ3) is 3.53. The first-order valence-electron chi connectivity index (χ1n) is 5.36. The molecule has 0 bridgehead atoms. The van der Waals surface area contributed by atoms with Gasteiger partial charge in [0.25, 0.3) is 0 Å². The summed E-state index contributed by atoms with van der Waals surface area (Å²) in [5, 5.41) is 2.94. The molecule has 1 aromatic carbocycles. The third-order valence-electron chi connectivity index (χ3n) is 2.14. The predicted molar refractivity (Wildman–Crippen MR) is 60.7 cm³/mol. The Hall–Kier alpha value is -1.58. The minimum Gasteiger partial charge on any atom is -0.464 e. The summed E-state index contributed by atoms with van der Waals surface area (Å²) < 4.78 is 17.8. The van der Waals surface area contributed by atoms with Crippen molar-refractivity contribution in [3.63, 3.8) is 0 Å². The van der Waals surface area contributed by atoms with Crippen LogP contribution in [0.3, 0.4) is 0 Å². The van der Waals surface area contributed by atoms with E-state index in [1.807, 2.05) is 6.92 Å². The van der Waals surface area contributed by atoms with Crippen LogP contribution in [0.25, 0.3) is 0 Å². The Morgan fingerprint density at radius 3 is 2.81 bits per heavy atom. The number of hydrogen-bond donors (Lipinski definition) is 1. The number of esters is 1. The first-order chi connectivity index (χ1) is 7.67. The first-order valence-corrected chi connectivity index (χ1v) is 5.36. The smallest absolute Gasteiger partial charge is 0.328 e. The predicted octanol–water partition coefficient (Wildman–Crippen LogP) is 2.58. The molecule has 0 radical (unpaired) electrons. The summed E-state index contributed by atoms with van der Waals surface area (Å²) in [6.45, 7) is 3.97. The van der Waals surface area contributed by atoms with Crippen molar-refractivity contribution in [2.75, 3.05) is 11.9 Å². The van der Waals surface area contributed by atoms with Gasteiger partial charge >= 0.3 is 5.97 Å². The zero-order valence-corrected chi connectivity index (χ0v) is 9.50. The molecule has 0 aromatic heterocycles. The summed E-state index contributed by atoms with van der Waals surface area (Å²) in [7, 11) is 0. The van der Waals surface area contributed by atoms with Crippen LogP contribution in [-0.4, -0.2) is 18.6 Å². The van der Waals surface area contributed by atoms with Gasteiger partial charge in [0.2, 0.25) is 0 Å². The molecule has 0 fully saturated rings. The zero-order chi connectivity index (χ0) is 12.0. The van der Waals surface area contributed by atoms with Crippen LogP contribution >= 0.6 is 0 Å². The number of carbonyl (C=O) groups is 1. The number of rotatable bonds is 5. The van der Waals surface area contributed by atoms with Crippen LogP contribution in [0.4, 0.5) is 10.1 Å². The monoisotopic (exact) mass is 225 g/mol. The number of halogens is 1. The second kappa shape index (κ2) is 6.10. The highest BCUT2D eigenvalue weighted by molar-refractivity contribution is 5.79. The number of benzene rings is 1. The number of nitrogens with one attached hydrogen (secondary N) is 1. The van der Waals surface area contributed by atoms with E-state index in [1.165, 1.54) is 12.1 Å². The largest absolute Gasteiger partial charge is 0.464 e. The molecule has 1 N–H and O–H groups in total. The molecule has 88 valence electrons. The highest BCUT2D eigenvalue weighted by Crippen LogP contribution is 2.12. The molecule has 0 amide bonds. The molecule has 0 spiro atoms. The molecule has 1 atom stereocenters. The van der Waals surface area contributed by atoms with E-state index in [4.69, 9.17) is 4.74 Å². The quantitative estimate of drug-likeness (QED) is 0.783. The Labute approximate surface area is 94.6 Å². The summed E-state index contributed by atoms with van der Waals surface area (Å²) in [6, 6.07) is 5.58. The number of ether oxygens (including phenoxy) is 1. The lowest BCUT2D eigenvalue weighted by Crippen LogP contribution is -2.30. The van der Waals surface area contributed by atoms with Crippen molar-refractivity contribution in [2.45, 2.75) is 26.3 Å². The molecule has 0 aliphatic carbocycles. The van der Waals surface area contributed by atoms with Crippen LogP contribution in [0, 0.1) is 5.82 Å². The number of anilines is 1. The molecule has 0 heterocycles. The van der Waals surface area contributed by atoms with Gasteiger partial charge in [-0.05, 0) is 31.5 Å². The highest BCUT2D eigenvalue weighted by atomic mass is 19.1. The minimum absolute atomic E-state index is 0.311. The second-order valence-corrected chi connectivity index (χ2v) is 3.37. The molecule has 0 aliphatic heterocycles. The lowest BCUT2D eigenvalue weighted by molar-refractivity contribution is -0.144. The van der Waals surface area contributed by atoms with Crippen LogP contribution in [0.1, 0.15) is 20.3 Å². The molecular weight excluding hydrogens is 209 g/mol. The zero-order valence-electron chi connectivity index (χ0n) is 9.50. The van der Waals surface area contributed by atoms with E-state index in [-0.39, 0.29) is 11.8 Å². The van der Waals surface area contributed by atoms with Gasteiger partial charge in [-0.2, -0.15) is 0 Å². The average Bonchev–Trinajstić information content (AvgIpc) is 2.26. The van der Waals surface area contributed by atoms with Gasteiger partial charge in [-0.1, -0.05) is 13.0 Å². The maximum absolute atomic E-state index is 12.9. The first kappa shape index (κ1) is 12.5. The molecule has 0 saturated carbocycles. The Balaban J connectivity index is 2.66. The second-order valence-electron chi connectivity index (χ2n) is 3.37. The Kier molecular flexibility index (Phi) is 4.76. The summed E-state index contributed by atoms with van der Waals surface area (Å²) in [5.74, 6) is -0.641. The van der Waals surface area contributed by atoms with E-state index >= 15 is 0 Å². The van der Waals surface area contributed by atoms with Crippen LogP contribution < -0.4 is 5.32 Å². The molecule has 1 rings (SSSR count). The van der Waals surface area contributed by atoms with Crippen molar-refractivity contribution in [3.8, 4) is 0 Å². The molecule has 0 saturated heterocycles. The van der Waals surface area contributed by atoms with Gasteiger partial charge in [-0.25, -0.2) is 9.18 Å². The van der Waals surface area contributed by atoms with Crippen molar-refractivity contribution < 1.29 is 13.9 Å². The normalized spacial score (nSPS) is 11.9. The van der Waals surface area contributed by atoms with Gasteiger partial charge in [-0.3, -0.25) is 0 Å². The molecule has 16 heavy (non-hydrogen) atoms.